The van der Waals surface area contributed by atoms with Crippen molar-refractivity contribution in [2.75, 3.05) is 38.8 Å². The average molecular weight is 404 g/mol. The molecule has 0 saturated carbocycles. The molecule has 0 bridgehead atoms. The maximum Gasteiger partial charge on any atom is 0.324 e. The third kappa shape index (κ3) is 4.04. The molecule has 2 aromatic heterocycles. The number of nitrogens with zero attached hydrogens (tertiary/aromatic N) is 5. The van der Waals surface area contributed by atoms with Crippen LogP contribution < -0.4 is 14.4 Å². The molecule has 4 heterocycles. The van der Waals surface area contributed by atoms with E-state index in [0.717, 1.165) is 45.4 Å². The molecule has 2 aliphatic heterocycles. The van der Waals surface area contributed by atoms with Crippen molar-refractivity contribution < 1.29 is 14.3 Å². The summed E-state index contributed by atoms with van der Waals surface area (Å²) in [4.78, 5) is 31.0. The first-order valence-electron chi connectivity index (χ1n) is 9.58. The average Bonchev–Trinajstić information content (AvgIpc) is 3.21. The number of hydrogen-bond donors (Lipinski definition) is 0. The largest absolute Gasteiger partial charge is 0.467 e. The highest BCUT2D eigenvalue weighted by molar-refractivity contribution is 7.10. The molecule has 1 amide bonds. The SMILES string of the molecule is COc1nc(OC)nc(N2CCC(CC(=O)N3CCc4sccc4C3)CC2)n1. The molecule has 4 rings (SSSR count). The number of rotatable bonds is 5. The monoisotopic (exact) mass is 403 g/mol. The van der Waals surface area contributed by atoms with Crippen LogP contribution in [0, 0.1) is 5.92 Å². The Labute approximate surface area is 168 Å². The summed E-state index contributed by atoms with van der Waals surface area (Å²) >= 11 is 1.80. The summed E-state index contributed by atoms with van der Waals surface area (Å²) in [7, 11) is 3.05. The van der Waals surface area contributed by atoms with Crippen LogP contribution in [0.5, 0.6) is 12.0 Å². The quantitative estimate of drug-likeness (QED) is 0.757. The molecule has 0 unspecified atom stereocenters. The lowest BCUT2D eigenvalue weighted by Gasteiger charge is -2.33. The van der Waals surface area contributed by atoms with Gasteiger partial charge in [-0.15, -0.1) is 16.3 Å². The summed E-state index contributed by atoms with van der Waals surface area (Å²) in [5, 5.41) is 2.12. The van der Waals surface area contributed by atoms with Crippen LogP contribution in [0.25, 0.3) is 0 Å². The van der Waals surface area contributed by atoms with Gasteiger partial charge in [-0.05, 0) is 42.2 Å². The molecule has 0 N–H and O–H groups in total. The van der Waals surface area contributed by atoms with E-state index in [0.29, 0.717) is 18.3 Å². The maximum atomic E-state index is 12.8. The maximum absolute atomic E-state index is 12.8. The third-order valence-corrected chi connectivity index (χ3v) is 6.49. The van der Waals surface area contributed by atoms with Crippen molar-refractivity contribution in [1.29, 1.82) is 0 Å². The van der Waals surface area contributed by atoms with Crippen molar-refractivity contribution in [3.05, 3.63) is 21.9 Å². The minimum atomic E-state index is 0.247. The van der Waals surface area contributed by atoms with E-state index in [1.165, 1.54) is 24.7 Å². The number of fused-ring (bicyclic) bond motifs is 1. The van der Waals surface area contributed by atoms with Gasteiger partial charge in [0.2, 0.25) is 11.9 Å². The normalized spacial score (nSPS) is 17.4. The van der Waals surface area contributed by atoms with Crippen LogP contribution in [-0.2, 0) is 17.8 Å². The summed E-state index contributed by atoms with van der Waals surface area (Å²) in [6.45, 7) is 3.22. The van der Waals surface area contributed by atoms with Gasteiger partial charge in [0.05, 0.1) is 14.2 Å². The van der Waals surface area contributed by atoms with Crippen molar-refractivity contribution in [3.8, 4) is 12.0 Å². The van der Waals surface area contributed by atoms with E-state index >= 15 is 0 Å². The molecule has 0 aromatic carbocycles. The number of aromatic nitrogens is 3. The van der Waals surface area contributed by atoms with E-state index in [9.17, 15) is 4.79 Å². The van der Waals surface area contributed by atoms with Gasteiger partial charge >= 0.3 is 12.0 Å². The number of amides is 1. The second kappa shape index (κ2) is 8.30. The summed E-state index contributed by atoms with van der Waals surface area (Å²) in [5.74, 6) is 1.24. The minimum absolute atomic E-state index is 0.247. The number of anilines is 1. The van der Waals surface area contributed by atoms with Gasteiger partial charge in [-0.2, -0.15) is 9.97 Å². The lowest BCUT2D eigenvalue weighted by molar-refractivity contribution is -0.133. The van der Waals surface area contributed by atoms with E-state index < -0.39 is 0 Å². The van der Waals surface area contributed by atoms with Crippen LogP contribution in [0.2, 0.25) is 0 Å². The number of carbonyl (C=O) groups is 1. The van der Waals surface area contributed by atoms with Crippen LogP contribution in [0.4, 0.5) is 5.95 Å². The Morgan fingerprint density at radius 1 is 1.14 bits per heavy atom. The fourth-order valence-corrected chi connectivity index (χ4v) is 4.72. The number of carbonyl (C=O) groups excluding carboxylic acids is 1. The number of ether oxygens (including phenoxy) is 2. The molecule has 1 saturated heterocycles. The zero-order valence-corrected chi connectivity index (χ0v) is 17.1. The van der Waals surface area contributed by atoms with Crippen LogP contribution in [0.15, 0.2) is 11.4 Å². The Bertz CT molecular complexity index is 812. The first-order chi connectivity index (χ1) is 13.7. The van der Waals surface area contributed by atoms with Gasteiger partial charge in [0.1, 0.15) is 0 Å². The Hall–Kier alpha value is -2.42. The first kappa shape index (κ1) is 18.9. The summed E-state index contributed by atoms with van der Waals surface area (Å²) < 4.78 is 10.3. The summed E-state index contributed by atoms with van der Waals surface area (Å²) in [6.07, 6.45) is 3.50. The van der Waals surface area contributed by atoms with Crippen LogP contribution in [-0.4, -0.2) is 59.6 Å². The van der Waals surface area contributed by atoms with E-state index in [1.807, 2.05) is 4.90 Å². The van der Waals surface area contributed by atoms with Crippen molar-refractivity contribution in [2.45, 2.75) is 32.2 Å². The summed E-state index contributed by atoms with van der Waals surface area (Å²) in [6, 6.07) is 2.64. The third-order valence-electron chi connectivity index (χ3n) is 5.47. The predicted molar refractivity (Wildman–Crippen MR) is 106 cm³/mol. The van der Waals surface area contributed by atoms with Gasteiger partial charge in [0, 0.05) is 37.5 Å². The number of methoxy groups -OCH3 is 2. The second-order valence-electron chi connectivity index (χ2n) is 7.18. The zero-order chi connectivity index (χ0) is 19.5. The molecule has 0 radical (unpaired) electrons. The van der Waals surface area contributed by atoms with E-state index in [4.69, 9.17) is 9.47 Å². The molecule has 2 aromatic rings. The van der Waals surface area contributed by atoms with Gasteiger partial charge in [0.15, 0.2) is 0 Å². The van der Waals surface area contributed by atoms with E-state index in [1.54, 1.807) is 11.3 Å². The highest BCUT2D eigenvalue weighted by Gasteiger charge is 2.27. The Balaban J connectivity index is 1.32. The molecular weight excluding hydrogens is 378 g/mol. The summed E-state index contributed by atoms with van der Waals surface area (Å²) in [5.41, 5.74) is 1.32. The first-order valence-corrected chi connectivity index (χ1v) is 10.5. The topological polar surface area (TPSA) is 80.7 Å². The molecule has 0 aliphatic carbocycles. The van der Waals surface area contributed by atoms with E-state index in [-0.39, 0.29) is 17.9 Å². The fraction of sp³-hybridized carbons (Fsp3) is 0.579. The van der Waals surface area contributed by atoms with Crippen LogP contribution in [0.1, 0.15) is 29.7 Å². The fourth-order valence-electron chi connectivity index (χ4n) is 3.83. The number of thiophene rings is 1. The van der Waals surface area contributed by atoms with Crippen molar-refractivity contribution in [2.24, 2.45) is 5.92 Å². The molecule has 8 nitrogen and oxygen atoms in total. The molecule has 1 fully saturated rings. The number of piperidine rings is 1. The highest BCUT2D eigenvalue weighted by Crippen LogP contribution is 2.28. The van der Waals surface area contributed by atoms with Gasteiger partial charge in [-0.1, -0.05) is 0 Å². The molecule has 0 atom stereocenters. The van der Waals surface area contributed by atoms with Gasteiger partial charge in [-0.25, -0.2) is 0 Å². The van der Waals surface area contributed by atoms with Crippen molar-refractivity contribution in [3.63, 3.8) is 0 Å². The Morgan fingerprint density at radius 3 is 2.54 bits per heavy atom. The van der Waals surface area contributed by atoms with Crippen LogP contribution >= 0.6 is 11.3 Å². The van der Waals surface area contributed by atoms with Gasteiger partial charge in [0.25, 0.3) is 0 Å². The highest BCUT2D eigenvalue weighted by atomic mass is 32.1. The molecule has 2 aliphatic rings. The Morgan fingerprint density at radius 2 is 1.86 bits per heavy atom. The van der Waals surface area contributed by atoms with Crippen molar-refractivity contribution >= 4 is 23.2 Å². The standard InChI is InChI=1S/C19H25N5O3S/c1-26-18-20-17(21-19(22-18)27-2)23-7-3-13(4-8-23)11-16(25)24-9-5-15-14(12-24)6-10-28-15/h6,10,13H,3-5,7-9,11-12H2,1-2H3. The lowest BCUT2D eigenvalue weighted by atomic mass is 9.92. The van der Waals surface area contributed by atoms with Gasteiger partial charge in [-0.3, -0.25) is 4.79 Å². The molecule has 28 heavy (non-hydrogen) atoms. The molecule has 9 heteroatoms. The lowest BCUT2D eigenvalue weighted by Crippen LogP contribution is -2.39. The zero-order valence-electron chi connectivity index (χ0n) is 16.3. The van der Waals surface area contributed by atoms with E-state index in [2.05, 4.69) is 31.3 Å². The van der Waals surface area contributed by atoms with Crippen molar-refractivity contribution in [1.82, 2.24) is 19.9 Å². The minimum Gasteiger partial charge on any atom is -0.467 e. The molecule has 150 valence electrons. The Kier molecular flexibility index (Phi) is 5.61. The van der Waals surface area contributed by atoms with Crippen LogP contribution in [0.3, 0.4) is 0 Å². The van der Waals surface area contributed by atoms with Gasteiger partial charge < -0.3 is 19.3 Å². The molecular formula is C19H25N5O3S. The molecule has 0 spiro atoms. The predicted octanol–water partition coefficient (Wildman–Crippen LogP) is 2.14. The smallest absolute Gasteiger partial charge is 0.324 e. The number of hydrogen-bond acceptors (Lipinski definition) is 8. The second-order valence-corrected chi connectivity index (χ2v) is 8.18.